The summed E-state index contributed by atoms with van der Waals surface area (Å²) in [5.74, 6) is 0.482. The van der Waals surface area contributed by atoms with Gasteiger partial charge in [-0.3, -0.25) is 9.36 Å². The maximum absolute atomic E-state index is 13.8. The Bertz CT molecular complexity index is 1850. The molecule has 0 aliphatic carbocycles. The molecule has 41 heavy (non-hydrogen) atoms. The number of allylic oxidation sites excluding steroid dienone is 1. The molecule has 5 rings (SSSR count). The zero-order valence-corrected chi connectivity index (χ0v) is 26.8. The molecular formula is C29H23BrCl2N2O5S2. The Morgan fingerprint density at radius 2 is 2.02 bits per heavy atom. The highest BCUT2D eigenvalue weighted by Crippen LogP contribution is 2.38. The molecule has 7 nitrogen and oxygen atoms in total. The molecule has 4 aromatic rings. The van der Waals surface area contributed by atoms with Gasteiger partial charge in [-0.25, -0.2) is 9.79 Å². The molecule has 0 amide bonds. The van der Waals surface area contributed by atoms with Gasteiger partial charge in [0.15, 0.2) is 16.3 Å². The van der Waals surface area contributed by atoms with Crippen molar-refractivity contribution in [3.8, 4) is 11.5 Å². The van der Waals surface area contributed by atoms with E-state index in [4.69, 9.17) is 37.4 Å². The number of fused-ring (bicyclic) bond motifs is 1. The van der Waals surface area contributed by atoms with Crippen LogP contribution >= 0.6 is 61.8 Å². The summed E-state index contributed by atoms with van der Waals surface area (Å²) >= 11 is 18.6. The van der Waals surface area contributed by atoms with Crippen molar-refractivity contribution in [3.05, 3.63) is 109 Å². The monoisotopic (exact) mass is 692 g/mol. The summed E-state index contributed by atoms with van der Waals surface area (Å²) in [5, 5.41) is 2.96. The van der Waals surface area contributed by atoms with Gasteiger partial charge in [0.2, 0.25) is 0 Å². The van der Waals surface area contributed by atoms with E-state index in [2.05, 4.69) is 20.9 Å². The number of esters is 1. The molecular weight excluding hydrogens is 671 g/mol. The lowest BCUT2D eigenvalue weighted by Crippen LogP contribution is -2.39. The average molecular weight is 694 g/mol. The van der Waals surface area contributed by atoms with E-state index in [0.717, 1.165) is 10.4 Å². The third kappa shape index (κ3) is 6.03. The predicted molar refractivity (Wildman–Crippen MR) is 166 cm³/mol. The van der Waals surface area contributed by atoms with Gasteiger partial charge in [-0.05, 0) is 77.1 Å². The van der Waals surface area contributed by atoms with Gasteiger partial charge in [0, 0.05) is 20.5 Å². The summed E-state index contributed by atoms with van der Waals surface area (Å²) in [5.41, 5.74) is 2.12. The van der Waals surface area contributed by atoms with Crippen molar-refractivity contribution in [2.45, 2.75) is 26.5 Å². The van der Waals surface area contributed by atoms with Crippen LogP contribution in [0, 0.1) is 0 Å². The van der Waals surface area contributed by atoms with E-state index in [1.165, 1.54) is 22.7 Å². The smallest absolute Gasteiger partial charge is 0.338 e. The number of halogens is 3. The molecule has 212 valence electrons. The number of benzene rings is 2. The van der Waals surface area contributed by atoms with Gasteiger partial charge >= 0.3 is 5.97 Å². The van der Waals surface area contributed by atoms with E-state index in [0.29, 0.717) is 52.2 Å². The molecule has 0 saturated carbocycles. The second-order valence-corrected chi connectivity index (χ2v) is 12.6. The Balaban J connectivity index is 1.54. The fourth-order valence-electron chi connectivity index (χ4n) is 4.41. The lowest BCUT2D eigenvalue weighted by molar-refractivity contribution is -0.139. The number of ether oxygens (including phenoxy) is 3. The molecule has 0 N–H and O–H groups in total. The van der Waals surface area contributed by atoms with E-state index in [-0.39, 0.29) is 18.8 Å². The highest BCUT2D eigenvalue weighted by Gasteiger charge is 2.33. The first kappa shape index (κ1) is 29.6. The largest absolute Gasteiger partial charge is 0.493 e. The Morgan fingerprint density at radius 3 is 2.71 bits per heavy atom. The molecule has 0 unspecified atom stereocenters. The maximum Gasteiger partial charge on any atom is 0.338 e. The van der Waals surface area contributed by atoms with Crippen LogP contribution in [0.5, 0.6) is 11.5 Å². The number of hydrogen-bond acceptors (Lipinski definition) is 8. The second-order valence-electron chi connectivity index (χ2n) is 8.88. The molecule has 0 saturated heterocycles. The van der Waals surface area contributed by atoms with Gasteiger partial charge in [-0.2, -0.15) is 0 Å². The van der Waals surface area contributed by atoms with Crippen molar-refractivity contribution in [1.29, 1.82) is 0 Å². The number of aromatic nitrogens is 1. The van der Waals surface area contributed by atoms with Crippen LogP contribution in [0.3, 0.4) is 0 Å². The summed E-state index contributed by atoms with van der Waals surface area (Å²) in [4.78, 5) is 32.7. The lowest BCUT2D eigenvalue weighted by Gasteiger charge is -2.23. The molecule has 3 heterocycles. The molecule has 1 atom stereocenters. The van der Waals surface area contributed by atoms with E-state index >= 15 is 0 Å². The van der Waals surface area contributed by atoms with Crippen molar-refractivity contribution in [2.24, 2.45) is 4.99 Å². The van der Waals surface area contributed by atoms with Gasteiger partial charge in [0.1, 0.15) is 12.6 Å². The number of thiophene rings is 1. The second kappa shape index (κ2) is 12.5. The van der Waals surface area contributed by atoms with Crippen LogP contribution in [0.25, 0.3) is 6.08 Å². The average Bonchev–Trinajstić information content (AvgIpc) is 3.56. The third-order valence-corrected chi connectivity index (χ3v) is 9.35. The van der Waals surface area contributed by atoms with Crippen LogP contribution in [-0.2, 0) is 16.1 Å². The normalized spacial score (nSPS) is 15.0. The van der Waals surface area contributed by atoms with E-state index in [9.17, 15) is 9.59 Å². The third-order valence-electron chi connectivity index (χ3n) is 6.27. The summed E-state index contributed by atoms with van der Waals surface area (Å²) in [6, 6.07) is 12.0. The van der Waals surface area contributed by atoms with Crippen LogP contribution in [-0.4, -0.2) is 24.3 Å². The SMILES string of the molecule is CCOC(=O)C1=C(C)N=c2s/c(=C\c3cc(Br)c(OCc4ccc(Cl)cc4Cl)c(OC)c3)c(=O)n2[C@@H]1c1cccs1. The first-order valence-electron chi connectivity index (χ1n) is 12.4. The number of carbonyl (C=O) groups is 1. The van der Waals surface area contributed by atoms with Crippen LogP contribution in [0.1, 0.15) is 35.9 Å². The summed E-state index contributed by atoms with van der Waals surface area (Å²) in [7, 11) is 1.54. The number of carbonyl (C=O) groups excluding carboxylic acids is 1. The van der Waals surface area contributed by atoms with Crippen molar-refractivity contribution >= 4 is 73.9 Å². The Labute approximate surface area is 262 Å². The van der Waals surface area contributed by atoms with E-state index in [1.54, 1.807) is 55.9 Å². The number of thiazole rings is 1. The lowest BCUT2D eigenvalue weighted by atomic mass is 10.0. The minimum absolute atomic E-state index is 0.202. The Morgan fingerprint density at radius 1 is 1.22 bits per heavy atom. The quantitative estimate of drug-likeness (QED) is 0.197. The molecule has 1 aliphatic heterocycles. The topological polar surface area (TPSA) is 79.1 Å². The molecule has 2 aromatic carbocycles. The van der Waals surface area contributed by atoms with Gasteiger partial charge in [-0.15, -0.1) is 11.3 Å². The molecule has 0 bridgehead atoms. The molecule has 0 fully saturated rings. The molecule has 2 aromatic heterocycles. The molecule has 12 heteroatoms. The van der Waals surface area contributed by atoms with Crippen LogP contribution in [0.2, 0.25) is 10.0 Å². The van der Waals surface area contributed by atoms with Gasteiger partial charge in [-0.1, -0.05) is 46.7 Å². The predicted octanol–water partition coefficient (Wildman–Crippen LogP) is 6.52. The minimum atomic E-state index is -0.621. The standard InChI is InChI=1S/C29H23BrCl2N2O5S2/c1-4-38-28(36)24-15(2)33-29-34(25(24)22-6-5-9-40-22)27(35)23(41-29)12-16-10-19(30)26(21(11-16)37-3)39-14-17-7-8-18(31)13-20(17)32/h5-13,25H,4,14H2,1-3H3/b23-12-/t25-/m1/s1. The van der Waals surface area contributed by atoms with Crippen molar-refractivity contribution in [1.82, 2.24) is 4.57 Å². The summed E-state index contributed by atoms with van der Waals surface area (Å²) in [6.07, 6.45) is 1.77. The number of rotatable bonds is 8. The number of nitrogens with zero attached hydrogens (tertiary/aromatic N) is 2. The minimum Gasteiger partial charge on any atom is -0.493 e. The Kier molecular flexibility index (Phi) is 9.06. The molecule has 1 aliphatic rings. The highest BCUT2D eigenvalue weighted by atomic mass is 79.9. The van der Waals surface area contributed by atoms with Gasteiger partial charge < -0.3 is 14.2 Å². The summed E-state index contributed by atoms with van der Waals surface area (Å²) in [6.45, 7) is 3.94. The number of hydrogen-bond donors (Lipinski definition) is 0. The van der Waals surface area contributed by atoms with Crippen LogP contribution < -0.4 is 24.4 Å². The van der Waals surface area contributed by atoms with Crippen LogP contribution in [0.15, 0.2) is 73.4 Å². The fraction of sp³-hybridized carbons (Fsp3) is 0.207. The molecule has 0 spiro atoms. The van der Waals surface area contributed by atoms with E-state index in [1.807, 2.05) is 23.6 Å². The van der Waals surface area contributed by atoms with Crippen molar-refractivity contribution < 1.29 is 19.0 Å². The van der Waals surface area contributed by atoms with Crippen molar-refractivity contribution in [3.63, 3.8) is 0 Å². The molecule has 0 radical (unpaired) electrons. The first-order chi connectivity index (χ1) is 19.7. The van der Waals surface area contributed by atoms with Crippen molar-refractivity contribution in [2.75, 3.05) is 13.7 Å². The Hall–Kier alpha value is -2.89. The highest BCUT2D eigenvalue weighted by molar-refractivity contribution is 9.10. The fourth-order valence-corrected chi connectivity index (χ4v) is 7.32. The maximum atomic E-state index is 13.8. The summed E-state index contributed by atoms with van der Waals surface area (Å²) < 4.78 is 19.7. The first-order valence-corrected chi connectivity index (χ1v) is 15.6. The van der Waals surface area contributed by atoms with Gasteiger partial charge in [0.05, 0.1) is 34.0 Å². The van der Waals surface area contributed by atoms with E-state index < -0.39 is 12.0 Å². The van der Waals surface area contributed by atoms with Crippen LogP contribution in [0.4, 0.5) is 0 Å². The zero-order chi connectivity index (χ0) is 29.3. The zero-order valence-electron chi connectivity index (χ0n) is 22.1. The number of methoxy groups -OCH3 is 1. The van der Waals surface area contributed by atoms with Gasteiger partial charge in [0.25, 0.3) is 5.56 Å².